The fraction of sp³-hybridized carbons (Fsp3) is 0.0625. The third kappa shape index (κ3) is 4.00. The predicted octanol–water partition coefficient (Wildman–Crippen LogP) is 8.97. The van der Waals surface area contributed by atoms with E-state index < -0.39 is 0 Å². The van der Waals surface area contributed by atoms with Gasteiger partial charge < -0.3 is 0 Å². The lowest BCUT2D eigenvalue weighted by Gasteiger charge is -2.11. The van der Waals surface area contributed by atoms with Crippen LogP contribution in [0, 0.1) is 13.8 Å². The molecule has 0 aliphatic rings. The summed E-state index contributed by atoms with van der Waals surface area (Å²) in [5.41, 5.74) is 12.7. The number of aryl methyl sites for hydroxylation is 2. The van der Waals surface area contributed by atoms with Crippen molar-refractivity contribution in [2.45, 2.75) is 13.8 Å². The molecule has 0 unspecified atom stereocenters. The highest BCUT2D eigenvalue weighted by Gasteiger charge is 2.06. The van der Waals surface area contributed by atoms with E-state index in [-0.39, 0.29) is 0 Å². The van der Waals surface area contributed by atoms with E-state index in [9.17, 15) is 0 Å². The van der Waals surface area contributed by atoms with Crippen LogP contribution >= 0.6 is 0 Å². The van der Waals surface area contributed by atoms with Crippen LogP contribution in [0.25, 0.3) is 44.5 Å². The Hall–Kier alpha value is -3.90. The lowest BCUT2D eigenvalue weighted by Crippen LogP contribution is -1.86. The molecular formula is C32H26. The third-order valence-corrected chi connectivity index (χ3v) is 6.19. The van der Waals surface area contributed by atoms with Gasteiger partial charge in [0.05, 0.1) is 0 Å². The normalized spacial score (nSPS) is 10.8. The fourth-order valence-electron chi connectivity index (χ4n) is 4.38. The van der Waals surface area contributed by atoms with E-state index in [1.54, 1.807) is 0 Å². The summed E-state index contributed by atoms with van der Waals surface area (Å²) >= 11 is 0. The highest BCUT2D eigenvalue weighted by Crippen LogP contribution is 2.31. The summed E-state index contributed by atoms with van der Waals surface area (Å²) < 4.78 is 0. The maximum atomic E-state index is 2.29. The van der Waals surface area contributed by atoms with E-state index in [1.807, 2.05) is 0 Å². The minimum Gasteiger partial charge on any atom is -0.0620 e. The maximum Gasteiger partial charge on any atom is -0.0155 e. The molecule has 0 aliphatic heterocycles. The van der Waals surface area contributed by atoms with Crippen molar-refractivity contribution in [1.29, 1.82) is 0 Å². The number of benzene rings is 5. The second-order valence-electron chi connectivity index (χ2n) is 8.37. The Morgan fingerprint density at radius 1 is 0.312 bits per heavy atom. The molecule has 0 atom stereocenters. The first-order valence-electron chi connectivity index (χ1n) is 11.1. The van der Waals surface area contributed by atoms with E-state index in [0.29, 0.717) is 0 Å². The molecule has 5 rings (SSSR count). The Morgan fingerprint density at radius 2 is 0.688 bits per heavy atom. The van der Waals surface area contributed by atoms with Gasteiger partial charge in [-0.3, -0.25) is 0 Å². The first-order valence-corrected chi connectivity index (χ1v) is 11.1. The topological polar surface area (TPSA) is 0 Å². The van der Waals surface area contributed by atoms with E-state index in [2.05, 4.69) is 135 Å². The van der Waals surface area contributed by atoms with Crippen LogP contribution in [0.4, 0.5) is 0 Å². The molecule has 0 spiro atoms. The highest BCUT2D eigenvalue weighted by molar-refractivity contribution is 5.78. The lowest BCUT2D eigenvalue weighted by atomic mass is 9.94. The Kier molecular flexibility index (Phi) is 5.44. The van der Waals surface area contributed by atoms with Crippen LogP contribution < -0.4 is 0 Å². The molecule has 5 aromatic rings. The van der Waals surface area contributed by atoms with Gasteiger partial charge in [0.15, 0.2) is 0 Å². The van der Waals surface area contributed by atoms with E-state index in [1.165, 1.54) is 55.6 Å². The van der Waals surface area contributed by atoms with Crippen LogP contribution in [0.3, 0.4) is 0 Å². The minimum atomic E-state index is 1.24. The molecule has 0 fully saturated rings. The van der Waals surface area contributed by atoms with Crippen LogP contribution in [0.2, 0.25) is 0 Å². The second-order valence-corrected chi connectivity index (χ2v) is 8.37. The van der Waals surface area contributed by atoms with Crippen molar-refractivity contribution in [3.05, 3.63) is 132 Å². The average Bonchev–Trinajstić information content (AvgIpc) is 2.85. The van der Waals surface area contributed by atoms with Crippen LogP contribution in [-0.4, -0.2) is 0 Å². The largest absolute Gasteiger partial charge is 0.0620 e. The first-order chi connectivity index (χ1) is 15.7. The molecule has 0 heteroatoms. The molecule has 0 radical (unpaired) electrons. The van der Waals surface area contributed by atoms with Gasteiger partial charge in [-0.2, -0.15) is 0 Å². The highest BCUT2D eigenvalue weighted by atomic mass is 14.1. The van der Waals surface area contributed by atoms with Crippen molar-refractivity contribution in [2.24, 2.45) is 0 Å². The standard InChI is InChI=1S/C32H26/c1-23-9-3-5-15-31(23)29-13-7-11-27(21-29)25-17-19-26(20-18-25)28-12-8-14-30(22-28)32-16-6-4-10-24(32)2/h3-22H,1-2H3. The minimum absolute atomic E-state index is 1.24. The van der Waals surface area contributed by atoms with Gasteiger partial charge in [0.2, 0.25) is 0 Å². The van der Waals surface area contributed by atoms with Crippen molar-refractivity contribution in [3.63, 3.8) is 0 Å². The summed E-state index contributed by atoms with van der Waals surface area (Å²) in [6.07, 6.45) is 0. The Morgan fingerprint density at radius 3 is 1.09 bits per heavy atom. The average molecular weight is 411 g/mol. The zero-order valence-electron chi connectivity index (χ0n) is 18.5. The Bertz CT molecular complexity index is 1270. The van der Waals surface area contributed by atoms with E-state index >= 15 is 0 Å². The summed E-state index contributed by atoms with van der Waals surface area (Å²) in [6, 6.07) is 43.7. The Balaban J connectivity index is 1.46. The molecule has 0 N–H and O–H groups in total. The van der Waals surface area contributed by atoms with Gasteiger partial charge in [-0.25, -0.2) is 0 Å². The van der Waals surface area contributed by atoms with Crippen molar-refractivity contribution >= 4 is 0 Å². The predicted molar refractivity (Wildman–Crippen MR) is 138 cm³/mol. The fourth-order valence-corrected chi connectivity index (χ4v) is 4.38. The van der Waals surface area contributed by atoms with Crippen LogP contribution in [0.1, 0.15) is 11.1 Å². The van der Waals surface area contributed by atoms with Gasteiger partial charge in [-0.15, -0.1) is 0 Å². The molecule has 0 heterocycles. The maximum absolute atomic E-state index is 2.29. The summed E-state index contributed by atoms with van der Waals surface area (Å²) in [4.78, 5) is 0. The SMILES string of the molecule is Cc1ccccc1-c1cccc(-c2ccc(-c3cccc(-c4ccccc4C)c3)cc2)c1. The molecule has 32 heavy (non-hydrogen) atoms. The van der Waals surface area contributed by atoms with E-state index in [4.69, 9.17) is 0 Å². The molecule has 0 aliphatic carbocycles. The quantitative estimate of drug-likeness (QED) is 0.277. The molecule has 0 amide bonds. The second kappa shape index (κ2) is 8.69. The van der Waals surface area contributed by atoms with Gasteiger partial charge in [-0.05, 0) is 81.6 Å². The van der Waals surface area contributed by atoms with Gasteiger partial charge >= 0.3 is 0 Å². The third-order valence-electron chi connectivity index (χ3n) is 6.19. The van der Waals surface area contributed by atoms with Crippen LogP contribution in [0.5, 0.6) is 0 Å². The molecule has 154 valence electrons. The molecule has 0 saturated carbocycles. The number of hydrogen-bond acceptors (Lipinski definition) is 0. The monoisotopic (exact) mass is 410 g/mol. The molecule has 0 aromatic heterocycles. The molecular weight excluding hydrogens is 384 g/mol. The smallest absolute Gasteiger partial charge is 0.0155 e. The molecule has 5 aromatic carbocycles. The summed E-state index contributed by atoms with van der Waals surface area (Å²) in [6.45, 7) is 4.34. The van der Waals surface area contributed by atoms with Crippen molar-refractivity contribution in [3.8, 4) is 44.5 Å². The lowest BCUT2D eigenvalue weighted by molar-refractivity contribution is 1.45. The zero-order valence-corrected chi connectivity index (χ0v) is 18.5. The van der Waals surface area contributed by atoms with Crippen molar-refractivity contribution in [2.75, 3.05) is 0 Å². The Labute approximate surface area is 190 Å². The van der Waals surface area contributed by atoms with Gasteiger partial charge in [0.25, 0.3) is 0 Å². The zero-order chi connectivity index (χ0) is 21.9. The summed E-state index contributed by atoms with van der Waals surface area (Å²) in [7, 11) is 0. The summed E-state index contributed by atoms with van der Waals surface area (Å²) in [5, 5.41) is 0. The van der Waals surface area contributed by atoms with Gasteiger partial charge in [-0.1, -0.05) is 109 Å². The summed E-state index contributed by atoms with van der Waals surface area (Å²) in [5.74, 6) is 0. The van der Waals surface area contributed by atoms with Gasteiger partial charge in [0.1, 0.15) is 0 Å². The molecule has 0 nitrogen and oxygen atoms in total. The van der Waals surface area contributed by atoms with Gasteiger partial charge in [0, 0.05) is 0 Å². The molecule has 0 bridgehead atoms. The molecule has 0 saturated heterocycles. The number of rotatable bonds is 4. The van der Waals surface area contributed by atoms with Crippen molar-refractivity contribution < 1.29 is 0 Å². The van der Waals surface area contributed by atoms with Crippen molar-refractivity contribution in [1.82, 2.24) is 0 Å². The van der Waals surface area contributed by atoms with Crippen LogP contribution in [0.15, 0.2) is 121 Å². The first kappa shape index (κ1) is 20.0. The number of hydrogen-bond donors (Lipinski definition) is 0. The van der Waals surface area contributed by atoms with Crippen LogP contribution in [-0.2, 0) is 0 Å². The van der Waals surface area contributed by atoms with E-state index in [0.717, 1.165) is 0 Å².